The molecule has 0 bridgehead atoms. The zero-order valence-electron chi connectivity index (χ0n) is 6.51. The van der Waals surface area contributed by atoms with E-state index in [1.54, 1.807) is 0 Å². The van der Waals surface area contributed by atoms with E-state index in [-0.39, 0.29) is 11.8 Å². The molecule has 0 atom stereocenters. The van der Waals surface area contributed by atoms with Gasteiger partial charge in [-0.2, -0.15) is 0 Å². The summed E-state index contributed by atoms with van der Waals surface area (Å²) in [6.07, 6.45) is 3.15. The molecule has 0 aliphatic heterocycles. The summed E-state index contributed by atoms with van der Waals surface area (Å²) in [6, 6.07) is 0. The van der Waals surface area contributed by atoms with Crippen molar-refractivity contribution in [3.63, 3.8) is 0 Å². The lowest BCUT2D eigenvalue weighted by Gasteiger charge is -1.95. The Balaban J connectivity index is 3.03. The van der Waals surface area contributed by atoms with E-state index in [1.165, 1.54) is 0 Å². The molecular weight excluding hydrogens is 144 g/mol. The molecule has 0 aromatic carbocycles. The zero-order valence-corrected chi connectivity index (χ0v) is 6.51. The third kappa shape index (κ3) is 8.94. The van der Waals surface area contributed by atoms with E-state index in [2.05, 4.69) is 0 Å². The van der Waals surface area contributed by atoms with Crippen molar-refractivity contribution < 1.29 is 9.59 Å². The van der Waals surface area contributed by atoms with Crippen LogP contribution in [0.1, 0.15) is 32.1 Å². The highest BCUT2D eigenvalue weighted by molar-refractivity contribution is 5.74. The van der Waals surface area contributed by atoms with Crippen LogP contribution in [0.4, 0.5) is 0 Å². The Hall–Kier alpha value is -1.06. The Kier molecular flexibility index (Phi) is 5.15. The lowest BCUT2D eigenvalue weighted by atomic mass is 10.1. The predicted molar refractivity (Wildman–Crippen MR) is 41.5 cm³/mol. The summed E-state index contributed by atoms with van der Waals surface area (Å²) in [4.78, 5) is 20.5. The van der Waals surface area contributed by atoms with Crippen molar-refractivity contribution in [2.45, 2.75) is 32.1 Å². The molecule has 0 unspecified atom stereocenters. The van der Waals surface area contributed by atoms with E-state index >= 15 is 0 Å². The molecule has 4 nitrogen and oxygen atoms in total. The first kappa shape index (κ1) is 9.94. The van der Waals surface area contributed by atoms with Crippen LogP contribution in [0.5, 0.6) is 0 Å². The number of hydrogen-bond donors (Lipinski definition) is 2. The normalized spacial score (nSPS) is 9.45. The van der Waals surface area contributed by atoms with Gasteiger partial charge < -0.3 is 11.5 Å². The summed E-state index contributed by atoms with van der Waals surface area (Å²) in [5.41, 5.74) is 9.81. The maximum Gasteiger partial charge on any atom is 0.217 e. The van der Waals surface area contributed by atoms with Gasteiger partial charge in [0.05, 0.1) is 0 Å². The van der Waals surface area contributed by atoms with Gasteiger partial charge in [-0.1, -0.05) is 6.42 Å². The van der Waals surface area contributed by atoms with Crippen molar-refractivity contribution >= 4 is 11.8 Å². The number of carbonyl (C=O) groups is 2. The Morgan fingerprint density at radius 1 is 0.818 bits per heavy atom. The minimum absolute atomic E-state index is 0.288. The van der Waals surface area contributed by atoms with Crippen LogP contribution in [-0.2, 0) is 9.59 Å². The zero-order chi connectivity index (χ0) is 8.69. The van der Waals surface area contributed by atoms with Gasteiger partial charge in [0.2, 0.25) is 11.8 Å². The van der Waals surface area contributed by atoms with E-state index in [0.717, 1.165) is 19.3 Å². The summed E-state index contributed by atoms with van der Waals surface area (Å²) in [7, 11) is 0. The number of hydrogen-bond acceptors (Lipinski definition) is 2. The van der Waals surface area contributed by atoms with Crippen LogP contribution in [0.2, 0.25) is 0 Å². The van der Waals surface area contributed by atoms with Crippen molar-refractivity contribution in [1.29, 1.82) is 0 Å². The van der Waals surface area contributed by atoms with Crippen LogP contribution in [0.3, 0.4) is 0 Å². The maximum atomic E-state index is 10.2. The topological polar surface area (TPSA) is 86.2 Å². The fraction of sp³-hybridized carbons (Fsp3) is 0.714. The number of carbonyl (C=O) groups excluding carboxylic acids is 2. The van der Waals surface area contributed by atoms with Crippen molar-refractivity contribution in [3.05, 3.63) is 0 Å². The SMILES string of the molecule is NC(=O)CCCCCC(N)=O. The van der Waals surface area contributed by atoms with Crippen molar-refractivity contribution in [3.8, 4) is 0 Å². The molecule has 0 radical (unpaired) electrons. The second-order valence-electron chi connectivity index (χ2n) is 2.49. The van der Waals surface area contributed by atoms with Crippen LogP contribution < -0.4 is 11.5 Å². The van der Waals surface area contributed by atoms with Crippen LogP contribution in [0.15, 0.2) is 0 Å². The molecule has 0 aromatic rings. The fourth-order valence-corrected chi connectivity index (χ4v) is 0.775. The minimum atomic E-state index is -0.288. The molecule has 0 saturated heterocycles. The monoisotopic (exact) mass is 158 g/mol. The molecule has 11 heavy (non-hydrogen) atoms. The largest absolute Gasteiger partial charge is 0.370 e. The van der Waals surface area contributed by atoms with Gasteiger partial charge in [0.1, 0.15) is 0 Å². The highest BCUT2D eigenvalue weighted by Gasteiger charge is 1.96. The lowest BCUT2D eigenvalue weighted by molar-refractivity contribution is -0.118. The van der Waals surface area contributed by atoms with E-state index in [0.29, 0.717) is 12.8 Å². The van der Waals surface area contributed by atoms with Crippen LogP contribution >= 0.6 is 0 Å². The molecule has 0 fully saturated rings. The minimum Gasteiger partial charge on any atom is -0.370 e. The Bertz CT molecular complexity index is 129. The Morgan fingerprint density at radius 3 is 1.45 bits per heavy atom. The summed E-state index contributed by atoms with van der Waals surface area (Å²) in [5, 5.41) is 0. The van der Waals surface area contributed by atoms with Crippen molar-refractivity contribution in [1.82, 2.24) is 0 Å². The highest BCUT2D eigenvalue weighted by atomic mass is 16.1. The second kappa shape index (κ2) is 5.70. The quantitative estimate of drug-likeness (QED) is 0.529. The number of rotatable bonds is 6. The highest BCUT2D eigenvalue weighted by Crippen LogP contribution is 2.01. The number of primary amides is 2. The van der Waals surface area contributed by atoms with Gasteiger partial charge in [0.15, 0.2) is 0 Å². The summed E-state index contributed by atoms with van der Waals surface area (Å²) in [5.74, 6) is -0.576. The Labute approximate surface area is 65.9 Å². The van der Waals surface area contributed by atoms with Crippen LogP contribution in [0.25, 0.3) is 0 Å². The summed E-state index contributed by atoms with van der Waals surface area (Å²) >= 11 is 0. The number of nitrogens with two attached hydrogens (primary N) is 2. The lowest BCUT2D eigenvalue weighted by Crippen LogP contribution is -2.11. The van der Waals surface area contributed by atoms with E-state index in [9.17, 15) is 9.59 Å². The third-order valence-corrected chi connectivity index (χ3v) is 1.35. The van der Waals surface area contributed by atoms with Gasteiger partial charge in [-0.25, -0.2) is 0 Å². The van der Waals surface area contributed by atoms with Crippen molar-refractivity contribution in [2.24, 2.45) is 11.5 Å². The molecule has 0 saturated carbocycles. The number of unbranched alkanes of at least 4 members (excludes halogenated alkanes) is 2. The van der Waals surface area contributed by atoms with Gasteiger partial charge in [0.25, 0.3) is 0 Å². The first-order valence-corrected chi connectivity index (χ1v) is 3.69. The molecule has 4 heteroatoms. The summed E-state index contributed by atoms with van der Waals surface area (Å²) in [6.45, 7) is 0. The maximum absolute atomic E-state index is 10.2. The van der Waals surface area contributed by atoms with Crippen LogP contribution in [-0.4, -0.2) is 11.8 Å². The van der Waals surface area contributed by atoms with Gasteiger partial charge in [-0.3, -0.25) is 9.59 Å². The van der Waals surface area contributed by atoms with Gasteiger partial charge >= 0.3 is 0 Å². The first-order chi connectivity index (χ1) is 5.13. The first-order valence-electron chi connectivity index (χ1n) is 3.69. The molecule has 0 heterocycles. The molecule has 0 aliphatic rings. The third-order valence-electron chi connectivity index (χ3n) is 1.35. The smallest absolute Gasteiger partial charge is 0.217 e. The Morgan fingerprint density at radius 2 is 1.18 bits per heavy atom. The predicted octanol–water partition coefficient (Wildman–Crippen LogP) is -0.0925. The van der Waals surface area contributed by atoms with E-state index in [1.807, 2.05) is 0 Å². The molecule has 0 rings (SSSR count). The average Bonchev–Trinajstić information content (AvgIpc) is 1.85. The summed E-state index contributed by atoms with van der Waals surface area (Å²) < 4.78 is 0. The molecule has 2 amide bonds. The molecule has 64 valence electrons. The van der Waals surface area contributed by atoms with E-state index < -0.39 is 0 Å². The fourth-order valence-electron chi connectivity index (χ4n) is 0.775. The standard InChI is InChI=1S/C7H14N2O2/c8-6(10)4-2-1-3-5-7(9)11/h1-5H2,(H2,8,10)(H2,9,11). The molecule has 4 N–H and O–H groups in total. The van der Waals surface area contributed by atoms with E-state index in [4.69, 9.17) is 11.5 Å². The van der Waals surface area contributed by atoms with Gasteiger partial charge in [-0.15, -0.1) is 0 Å². The second-order valence-corrected chi connectivity index (χ2v) is 2.49. The molecule has 0 spiro atoms. The van der Waals surface area contributed by atoms with Crippen molar-refractivity contribution in [2.75, 3.05) is 0 Å². The number of amides is 2. The molecule has 0 aromatic heterocycles. The molecule has 0 aliphatic carbocycles. The van der Waals surface area contributed by atoms with Gasteiger partial charge in [0, 0.05) is 12.8 Å². The van der Waals surface area contributed by atoms with Crippen LogP contribution in [0, 0.1) is 0 Å². The van der Waals surface area contributed by atoms with Gasteiger partial charge in [-0.05, 0) is 12.8 Å². The molecular formula is C7H14N2O2. The average molecular weight is 158 g/mol.